The van der Waals surface area contributed by atoms with E-state index in [1.165, 1.54) is 6.20 Å². The fourth-order valence-corrected chi connectivity index (χ4v) is 0.726. The molecule has 12 heavy (non-hydrogen) atoms. The van der Waals surface area contributed by atoms with Gasteiger partial charge in [0.25, 0.3) is 0 Å². The van der Waals surface area contributed by atoms with Gasteiger partial charge >= 0.3 is 0 Å². The minimum Gasteiger partial charge on any atom is -0.405 e. The molecule has 6 N–H and O–H groups in total. The van der Waals surface area contributed by atoms with Gasteiger partial charge in [-0.25, -0.2) is 0 Å². The molecule has 0 atom stereocenters. The molecule has 0 radical (unpaired) electrons. The van der Waals surface area contributed by atoms with Crippen LogP contribution in [0.25, 0.3) is 0 Å². The van der Waals surface area contributed by atoms with E-state index < -0.39 is 0 Å². The van der Waals surface area contributed by atoms with Crippen molar-refractivity contribution in [1.82, 2.24) is 0 Å². The van der Waals surface area contributed by atoms with E-state index in [0.717, 1.165) is 5.57 Å². The maximum atomic E-state index is 5.37. The van der Waals surface area contributed by atoms with Gasteiger partial charge in [-0.3, -0.25) is 0 Å². The van der Waals surface area contributed by atoms with Gasteiger partial charge in [-0.2, -0.15) is 0 Å². The van der Waals surface area contributed by atoms with Crippen LogP contribution < -0.4 is 17.2 Å². The van der Waals surface area contributed by atoms with Crippen molar-refractivity contribution < 1.29 is 0 Å². The van der Waals surface area contributed by atoms with Gasteiger partial charge in [-0.15, -0.1) is 0 Å². The third kappa shape index (κ3) is 5.65. The Morgan fingerprint density at radius 3 is 1.67 bits per heavy atom. The summed E-state index contributed by atoms with van der Waals surface area (Å²) >= 11 is 0. The van der Waals surface area contributed by atoms with E-state index in [-0.39, 0.29) is 0 Å². The third-order valence-electron chi connectivity index (χ3n) is 1.23. The van der Waals surface area contributed by atoms with Gasteiger partial charge in [-0.05, 0) is 23.8 Å². The van der Waals surface area contributed by atoms with Crippen LogP contribution in [-0.2, 0) is 0 Å². The zero-order valence-corrected chi connectivity index (χ0v) is 8.46. The summed E-state index contributed by atoms with van der Waals surface area (Å²) in [6.07, 6.45) is 3.16. The van der Waals surface area contributed by atoms with Crippen molar-refractivity contribution in [2.45, 2.75) is 27.7 Å². The van der Waals surface area contributed by atoms with Crippen LogP contribution >= 0.6 is 0 Å². The van der Waals surface area contributed by atoms with E-state index in [1.807, 2.05) is 27.7 Å². The highest BCUT2D eigenvalue weighted by Crippen LogP contribution is 2.10. The molecule has 0 aliphatic heterocycles. The quantitative estimate of drug-likeness (QED) is 0.547. The molecule has 0 heterocycles. The normalized spacial score (nSPS) is 9.42. The van der Waals surface area contributed by atoms with Crippen molar-refractivity contribution in [1.29, 1.82) is 0 Å². The maximum absolute atomic E-state index is 5.37. The molecule has 0 rings (SSSR count). The van der Waals surface area contributed by atoms with Gasteiger partial charge < -0.3 is 17.2 Å². The van der Waals surface area contributed by atoms with Crippen LogP contribution in [0, 0.1) is 5.92 Å². The molecular formula is C9H21N3. The predicted octanol–water partition coefficient (Wildman–Crippen LogP) is 1.27. The summed E-state index contributed by atoms with van der Waals surface area (Å²) in [6, 6.07) is 0. The van der Waals surface area contributed by atoms with Crippen molar-refractivity contribution in [2.24, 2.45) is 23.1 Å². The van der Waals surface area contributed by atoms with Gasteiger partial charge in [0.15, 0.2) is 0 Å². The largest absolute Gasteiger partial charge is 0.405 e. The van der Waals surface area contributed by atoms with Gasteiger partial charge in [-0.1, -0.05) is 27.7 Å². The molecule has 0 saturated heterocycles. The number of rotatable bonds is 2. The van der Waals surface area contributed by atoms with Crippen LogP contribution in [0.5, 0.6) is 0 Å². The molecule has 0 unspecified atom stereocenters. The Bertz CT molecular complexity index is 153. The first-order chi connectivity index (χ1) is 5.59. The van der Waals surface area contributed by atoms with E-state index >= 15 is 0 Å². The van der Waals surface area contributed by atoms with Gasteiger partial charge in [0, 0.05) is 0 Å². The van der Waals surface area contributed by atoms with Gasteiger partial charge in [0.2, 0.25) is 0 Å². The fraction of sp³-hybridized carbons (Fsp3) is 0.556. The number of allylic oxidation sites excluding steroid dienone is 2. The summed E-state index contributed by atoms with van der Waals surface area (Å²) in [5.74, 6) is 0.668. The molecule has 3 nitrogen and oxygen atoms in total. The molecule has 0 aliphatic carbocycles. The van der Waals surface area contributed by atoms with Crippen LogP contribution in [0.2, 0.25) is 0 Å². The molecule has 3 heteroatoms. The molecule has 0 saturated carbocycles. The lowest BCUT2D eigenvalue weighted by Crippen LogP contribution is -2.14. The zero-order valence-electron chi connectivity index (χ0n) is 8.46. The Labute approximate surface area is 75.3 Å². The number of nitrogens with two attached hydrogens (primary N) is 3. The number of hydrogen-bond donors (Lipinski definition) is 3. The Kier molecular flexibility index (Phi) is 8.96. The van der Waals surface area contributed by atoms with Gasteiger partial charge in [0.1, 0.15) is 0 Å². The van der Waals surface area contributed by atoms with E-state index in [1.54, 1.807) is 6.08 Å². The summed E-state index contributed by atoms with van der Waals surface area (Å²) in [7, 11) is 0. The van der Waals surface area contributed by atoms with Crippen LogP contribution in [0.1, 0.15) is 27.7 Å². The Balaban J connectivity index is 0. The second-order valence-electron chi connectivity index (χ2n) is 2.42. The van der Waals surface area contributed by atoms with Crippen molar-refractivity contribution in [3.8, 4) is 0 Å². The highest BCUT2D eigenvalue weighted by Gasteiger charge is 2.00. The Morgan fingerprint density at radius 1 is 1.17 bits per heavy atom. The summed E-state index contributed by atoms with van der Waals surface area (Å²) < 4.78 is 0. The minimum atomic E-state index is 0.324. The standard InChI is InChI=1S/C7H15N3.C2H6/c1-5(2)6(3-4-8)7(9)10;1-2/h3-5H,8-10H2,1-2H3;1-2H3/b4-3-;. The van der Waals surface area contributed by atoms with E-state index in [2.05, 4.69) is 0 Å². The second kappa shape index (κ2) is 7.98. The van der Waals surface area contributed by atoms with Crippen molar-refractivity contribution >= 4 is 0 Å². The molecular weight excluding hydrogens is 150 g/mol. The lowest BCUT2D eigenvalue weighted by Gasteiger charge is -2.06. The third-order valence-corrected chi connectivity index (χ3v) is 1.23. The topological polar surface area (TPSA) is 78.1 Å². The first-order valence-electron chi connectivity index (χ1n) is 4.23. The molecule has 0 spiro atoms. The smallest absolute Gasteiger partial charge is 0.0969 e. The lowest BCUT2D eigenvalue weighted by atomic mass is 10.0. The molecule has 0 aromatic rings. The monoisotopic (exact) mass is 171 g/mol. The van der Waals surface area contributed by atoms with Crippen molar-refractivity contribution in [3.05, 3.63) is 23.7 Å². The highest BCUT2D eigenvalue weighted by atomic mass is 14.8. The first kappa shape index (κ1) is 13.5. The van der Waals surface area contributed by atoms with E-state index in [9.17, 15) is 0 Å². The number of hydrogen-bond acceptors (Lipinski definition) is 3. The predicted molar refractivity (Wildman–Crippen MR) is 54.9 cm³/mol. The molecule has 0 aromatic carbocycles. The molecule has 0 fully saturated rings. The summed E-state index contributed by atoms with van der Waals surface area (Å²) in [4.78, 5) is 0. The molecule has 0 amide bonds. The minimum absolute atomic E-state index is 0.324. The van der Waals surface area contributed by atoms with Crippen molar-refractivity contribution in [2.75, 3.05) is 0 Å². The Morgan fingerprint density at radius 2 is 1.58 bits per heavy atom. The first-order valence-corrected chi connectivity index (χ1v) is 4.23. The molecule has 0 aliphatic rings. The summed E-state index contributed by atoms with van der Waals surface area (Å²) in [6.45, 7) is 8.02. The average molecular weight is 171 g/mol. The fourth-order valence-electron chi connectivity index (χ4n) is 0.726. The second-order valence-corrected chi connectivity index (χ2v) is 2.42. The molecule has 72 valence electrons. The highest BCUT2D eigenvalue weighted by molar-refractivity contribution is 5.23. The SMILES string of the molecule is CC.CC(C)C(/C=C\N)=C(N)N. The van der Waals surface area contributed by atoms with E-state index in [4.69, 9.17) is 17.2 Å². The Hall–Kier alpha value is -1.12. The lowest BCUT2D eigenvalue weighted by molar-refractivity contribution is 0.774. The zero-order chi connectivity index (χ0) is 10.1. The van der Waals surface area contributed by atoms with E-state index in [0.29, 0.717) is 11.7 Å². The molecule has 0 aromatic heterocycles. The van der Waals surface area contributed by atoms with Crippen LogP contribution in [0.3, 0.4) is 0 Å². The average Bonchev–Trinajstić information content (AvgIpc) is 2.03. The van der Waals surface area contributed by atoms with Crippen LogP contribution in [0.15, 0.2) is 23.7 Å². The van der Waals surface area contributed by atoms with Crippen LogP contribution in [0.4, 0.5) is 0 Å². The van der Waals surface area contributed by atoms with Gasteiger partial charge in [0.05, 0.1) is 5.82 Å². The molecule has 0 bridgehead atoms. The maximum Gasteiger partial charge on any atom is 0.0969 e. The van der Waals surface area contributed by atoms with Crippen molar-refractivity contribution in [3.63, 3.8) is 0 Å². The van der Waals surface area contributed by atoms with Crippen LogP contribution in [-0.4, -0.2) is 0 Å². The summed E-state index contributed by atoms with van der Waals surface area (Å²) in [5.41, 5.74) is 16.8. The summed E-state index contributed by atoms with van der Waals surface area (Å²) in [5, 5.41) is 0.